The molecule has 0 bridgehead atoms. The summed E-state index contributed by atoms with van der Waals surface area (Å²) < 4.78 is 0. The first-order chi connectivity index (χ1) is 5.90. The Morgan fingerprint density at radius 3 is 2.31 bits per heavy atom. The average Bonchev–Trinajstić information content (AvgIpc) is 2.03. The van der Waals surface area contributed by atoms with Crippen molar-refractivity contribution in [2.45, 2.75) is 19.4 Å². The molecule has 0 fully saturated rings. The van der Waals surface area contributed by atoms with Crippen LogP contribution in [0.15, 0.2) is 0 Å². The van der Waals surface area contributed by atoms with Crippen molar-refractivity contribution in [1.82, 2.24) is 15.5 Å². The molecular weight excluding hydrogens is 166 g/mol. The van der Waals surface area contributed by atoms with Crippen LogP contribution in [0.5, 0.6) is 0 Å². The Balaban J connectivity index is 3.75. The van der Waals surface area contributed by atoms with Gasteiger partial charge in [-0.05, 0) is 35.0 Å². The highest BCUT2D eigenvalue weighted by molar-refractivity contribution is 5.85. The van der Waals surface area contributed by atoms with Gasteiger partial charge in [0.25, 0.3) is 0 Å². The van der Waals surface area contributed by atoms with Gasteiger partial charge in [-0.3, -0.25) is 4.79 Å². The number of carbonyl (C=O) groups is 1. The van der Waals surface area contributed by atoms with Gasteiger partial charge in [-0.15, -0.1) is 0 Å². The predicted octanol–water partition coefficient (Wildman–Crippen LogP) is -0.338. The second-order valence-electron chi connectivity index (χ2n) is 3.93. The summed E-state index contributed by atoms with van der Waals surface area (Å²) in [5.74, 6) is 0.0388. The molecular formula is C9H21N3O. The number of carbonyl (C=O) groups excluding carboxylic acids is 1. The molecule has 0 aliphatic heterocycles. The fourth-order valence-electron chi connectivity index (χ4n) is 0.728. The summed E-state index contributed by atoms with van der Waals surface area (Å²) in [5.41, 5.74) is -0.480. The zero-order valence-electron chi connectivity index (χ0n) is 9.27. The lowest BCUT2D eigenvalue weighted by atomic mass is 10.1. The van der Waals surface area contributed by atoms with E-state index in [4.69, 9.17) is 0 Å². The first kappa shape index (κ1) is 12.4. The van der Waals surface area contributed by atoms with Crippen LogP contribution in [0.25, 0.3) is 0 Å². The Morgan fingerprint density at radius 2 is 1.92 bits per heavy atom. The quantitative estimate of drug-likeness (QED) is 0.619. The third-order valence-corrected chi connectivity index (χ3v) is 2.04. The minimum atomic E-state index is -0.480. The minimum Gasteiger partial charge on any atom is -0.353 e. The van der Waals surface area contributed by atoms with E-state index in [1.165, 1.54) is 0 Å². The molecule has 0 spiro atoms. The highest BCUT2D eigenvalue weighted by Gasteiger charge is 2.24. The van der Waals surface area contributed by atoms with Crippen molar-refractivity contribution < 1.29 is 4.79 Å². The van der Waals surface area contributed by atoms with Gasteiger partial charge < -0.3 is 15.5 Å². The molecule has 0 aromatic heterocycles. The van der Waals surface area contributed by atoms with Gasteiger partial charge in [0.15, 0.2) is 0 Å². The Kier molecular flexibility index (Phi) is 4.95. The van der Waals surface area contributed by atoms with Gasteiger partial charge >= 0.3 is 0 Å². The Morgan fingerprint density at radius 1 is 1.38 bits per heavy atom. The SMILES string of the molecule is CNC(C)(C)C(=O)NCCN(C)C. The van der Waals surface area contributed by atoms with Crippen molar-refractivity contribution in [2.24, 2.45) is 0 Å². The van der Waals surface area contributed by atoms with Gasteiger partial charge in [-0.1, -0.05) is 0 Å². The van der Waals surface area contributed by atoms with E-state index in [0.29, 0.717) is 6.54 Å². The molecule has 0 saturated carbocycles. The van der Waals surface area contributed by atoms with Crippen LogP contribution < -0.4 is 10.6 Å². The van der Waals surface area contributed by atoms with E-state index in [1.54, 1.807) is 7.05 Å². The van der Waals surface area contributed by atoms with Crippen molar-refractivity contribution >= 4 is 5.91 Å². The normalized spacial score (nSPS) is 11.8. The molecule has 2 N–H and O–H groups in total. The van der Waals surface area contributed by atoms with E-state index in [0.717, 1.165) is 6.54 Å². The van der Waals surface area contributed by atoms with Crippen LogP contribution in [0.2, 0.25) is 0 Å². The summed E-state index contributed by atoms with van der Waals surface area (Å²) >= 11 is 0. The van der Waals surface area contributed by atoms with Gasteiger partial charge in [-0.25, -0.2) is 0 Å². The highest BCUT2D eigenvalue weighted by Crippen LogP contribution is 1.99. The summed E-state index contributed by atoms with van der Waals surface area (Å²) in [6.45, 7) is 5.28. The molecule has 1 amide bonds. The summed E-state index contributed by atoms with van der Waals surface area (Å²) in [4.78, 5) is 13.5. The van der Waals surface area contributed by atoms with Crippen LogP contribution in [0.4, 0.5) is 0 Å². The predicted molar refractivity (Wildman–Crippen MR) is 54.7 cm³/mol. The largest absolute Gasteiger partial charge is 0.353 e. The fraction of sp³-hybridized carbons (Fsp3) is 0.889. The Bertz CT molecular complexity index is 166. The topological polar surface area (TPSA) is 44.4 Å². The summed E-state index contributed by atoms with van der Waals surface area (Å²) in [5, 5.41) is 5.82. The number of nitrogens with zero attached hydrogens (tertiary/aromatic N) is 1. The van der Waals surface area contributed by atoms with Crippen LogP contribution in [0.3, 0.4) is 0 Å². The molecule has 78 valence electrons. The second-order valence-corrected chi connectivity index (χ2v) is 3.93. The smallest absolute Gasteiger partial charge is 0.239 e. The third kappa shape index (κ3) is 4.85. The number of nitrogens with one attached hydrogen (secondary N) is 2. The van der Waals surface area contributed by atoms with Crippen molar-refractivity contribution in [3.8, 4) is 0 Å². The second kappa shape index (κ2) is 5.19. The molecule has 13 heavy (non-hydrogen) atoms. The van der Waals surface area contributed by atoms with Crippen LogP contribution in [-0.4, -0.2) is 50.6 Å². The van der Waals surface area contributed by atoms with Crippen molar-refractivity contribution in [3.05, 3.63) is 0 Å². The first-order valence-corrected chi connectivity index (χ1v) is 4.52. The maximum atomic E-state index is 11.5. The molecule has 0 aliphatic carbocycles. The van der Waals surface area contributed by atoms with E-state index < -0.39 is 5.54 Å². The van der Waals surface area contributed by atoms with Gasteiger partial charge in [0.05, 0.1) is 5.54 Å². The lowest BCUT2D eigenvalue weighted by Crippen LogP contribution is -2.52. The maximum absolute atomic E-state index is 11.5. The van der Waals surface area contributed by atoms with Crippen LogP contribution in [0, 0.1) is 0 Å². The number of amides is 1. The van der Waals surface area contributed by atoms with Crippen molar-refractivity contribution in [1.29, 1.82) is 0 Å². The summed E-state index contributed by atoms with van der Waals surface area (Å²) in [6, 6.07) is 0. The molecule has 0 radical (unpaired) electrons. The molecule has 0 saturated heterocycles. The third-order valence-electron chi connectivity index (χ3n) is 2.04. The Hall–Kier alpha value is -0.610. The van der Waals surface area contributed by atoms with Gasteiger partial charge in [0.2, 0.25) is 5.91 Å². The average molecular weight is 187 g/mol. The fourth-order valence-corrected chi connectivity index (χ4v) is 0.728. The molecule has 0 aromatic carbocycles. The van der Waals surface area contributed by atoms with Gasteiger partial charge in [-0.2, -0.15) is 0 Å². The molecule has 0 rings (SSSR count). The summed E-state index contributed by atoms with van der Waals surface area (Å²) in [7, 11) is 5.75. The lowest BCUT2D eigenvalue weighted by Gasteiger charge is -2.23. The standard InChI is InChI=1S/C9H21N3O/c1-9(2,10-3)8(13)11-6-7-12(4)5/h10H,6-7H2,1-5H3,(H,11,13). The van der Waals surface area contributed by atoms with E-state index in [2.05, 4.69) is 10.6 Å². The minimum absolute atomic E-state index is 0.0388. The molecule has 0 aromatic rings. The number of likely N-dealkylation sites (N-methyl/N-ethyl adjacent to an activating group) is 2. The zero-order valence-corrected chi connectivity index (χ0v) is 9.27. The molecule has 4 nitrogen and oxygen atoms in total. The van der Waals surface area contributed by atoms with Crippen LogP contribution in [0.1, 0.15) is 13.8 Å². The van der Waals surface area contributed by atoms with Crippen LogP contribution >= 0.6 is 0 Å². The molecule has 0 aliphatic rings. The van der Waals surface area contributed by atoms with Crippen molar-refractivity contribution in [3.63, 3.8) is 0 Å². The van der Waals surface area contributed by atoms with E-state index in [1.807, 2.05) is 32.8 Å². The van der Waals surface area contributed by atoms with E-state index >= 15 is 0 Å². The lowest BCUT2D eigenvalue weighted by molar-refractivity contribution is -0.126. The Labute approximate surface area is 80.7 Å². The van der Waals surface area contributed by atoms with Gasteiger partial charge in [0.1, 0.15) is 0 Å². The van der Waals surface area contributed by atoms with E-state index in [-0.39, 0.29) is 5.91 Å². The number of hydrogen-bond donors (Lipinski definition) is 2. The van der Waals surface area contributed by atoms with Gasteiger partial charge in [0, 0.05) is 13.1 Å². The molecule has 0 heterocycles. The summed E-state index contributed by atoms with van der Waals surface area (Å²) in [6.07, 6.45) is 0. The molecule has 4 heteroatoms. The maximum Gasteiger partial charge on any atom is 0.239 e. The number of hydrogen-bond acceptors (Lipinski definition) is 3. The van der Waals surface area contributed by atoms with E-state index in [9.17, 15) is 4.79 Å². The first-order valence-electron chi connectivity index (χ1n) is 4.52. The monoisotopic (exact) mass is 187 g/mol. The van der Waals surface area contributed by atoms with Crippen LogP contribution in [-0.2, 0) is 4.79 Å². The molecule has 0 unspecified atom stereocenters. The number of rotatable bonds is 5. The zero-order chi connectivity index (χ0) is 10.5. The van der Waals surface area contributed by atoms with Crippen molar-refractivity contribution in [2.75, 3.05) is 34.2 Å². The molecule has 0 atom stereocenters. The highest BCUT2D eigenvalue weighted by atomic mass is 16.2.